The van der Waals surface area contributed by atoms with Crippen LogP contribution in [-0.4, -0.2) is 49.0 Å². The Hall–Kier alpha value is -0.0800. The summed E-state index contributed by atoms with van der Waals surface area (Å²) < 4.78 is 5.58. The van der Waals surface area contributed by atoms with E-state index in [-0.39, 0.29) is 24.0 Å². The number of nitrogens with one attached hydrogen (secondary N) is 2. The lowest BCUT2D eigenvalue weighted by Crippen LogP contribution is -2.42. The number of aliphatic imine (C=N–C) groups is 1. The molecule has 1 unspecified atom stereocenters. The van der Waals surface area contributed by atoms with E-state index in [4.69, 9.17) is 4.74 Å². The molecule has 5 nitrogen and oxygen atoms in total. The van der Waals surface area contributed by atoms with Gasteiger partial charge in [-0.2, -0.15) is 0 Å². The van der Waals surface area contributed by atoms with Gasteiger partial charge in [0.25, 0.3) is 0 Å². The molecule has 6 heteroatoms. The van der Waals surface area contributed by atoms with Gasteiger partial charge in [-0.05, 0) is 32.6 Å². The molecule has 1 saturated heterocycles. The van der Waals surface area contributed by atoms with Crippen LogP contribution < -0.4 is 10.6 Å². The second-order valence-corrected chi connectivity index (χ2v) is 5.64. The van der Waals surface area contributed by atoms with Crippen LogP contribution in [-0.2, 0) is 4.74 Å². The normalized spacial score (nSPS) is 25.3. The number of aliphatic hydroxyl groups is 1. The van der Waals surface area contributed by atoms with Crippen LogP contribution in [0.25, 0.3) is 0 Å². The molecule has 0 radical (unpaired) electrons. The van der Waals surface area contributed by atoms with E-state index in [2.05, 4.69) is 15.6 Å². The molecular weight excluding hydrogens is 369 g/mol. The highest BCUT2D eigenvalue weighted by Crippen LogP contribution is 2.29. The van der Waals surface area contributed by atoms with Gasteiger partial charge in [0.05, 0.1) is 18.2 Å². The Bertz CT molecular complexity index is 301. The highest BCUT2D eigenvalue weighted by atomic mass is 127. The molecule has 0 spiro atoms. The number of hydrogen-bond acceptors (Lipinski definition) is 3. The van der Waals surface area contributed by atoms with Crippen molar-refractivity contribution in [3.05, 3.63) is 0 Å². The summed E-state index contributed by atoms with van der Waals surface area (Å²) in [6.45, 7) is 5.04. The van der Waals surface area contributed by atoms with Crippen molar-refractivity contribution in [2.24, 2.45) is 4.99 Å². The van der Waals surface area contributed by atoms with Crippen molar-refractivity contribution >= 4 is 29.9 Å². The number of ether oxygens (including phenoxy) is 1. The molecule has 2 fully saturated rings. The second-order valence-electron chi connectivity index (χ2n) is 5.64. The summed E-state index contributed by atoms with van der Waals surface area (Å²) in [5.41, 5.74) is -0.577. The minimum atomic E-state index is -0.577. The Morgan fingerprint density at radius 1 is 1.30 bits per heavy atom. The maximum absolute atomic E-state index is 10.3. The molecule has 2 rings (SSSR count). The summed E-state index contributed by atoms with van der Waals surface area (Å²) >= 11 is 0. The Morgan fingerprint density at radius 3 is 2.65 bits per heavy atom. The van der Waals surface area contributed by atoms with Crippen LogP contribution in [0.2, 0.25) is 0 Å². The van der Waals surface area contributed by atoms with Crippen LogP contribution in [0.1, 0.15) is 45.4 Å². The standard InChI is InChI=1S/C14H27N3O2.HI/c1-2-15-13(16-10-12-6-5-9-19-12)17-11-14(18)7-3-4-8-14;/h12,18H,2-11H2,1H3,(H2,15,16,17);1H. The zero-order valence-corrected chi connectivity index (χ0v) is 14.7. The first-order chi connectivity index (χ1) is 9.22. The molecule has 0 aromatic carbocycles. The van der Waals surface area contributed by atoms with Gasteiger partial charge in [-0.3, -0.25) is 4.99 Å². The molecule has 0 aromatic heterocycles. The summed E-state index contributed by atoms with van der Waals surface area (Å²) in [5, 5.41) is 16.8. The maximum Gasteiger partial charge on any atom is 0.191 e. The molecule has 1 aliphatic heterocycles. The van der Waals surface area contributed by atoms with Crippen molar-refractivity contribution < 1.29 is 9.84 Å². The number of hydrogen-bond donors (Lipinski definition) is 3. The van der Waals surface area contributed by atoms with Crippen LogP contribution in [0.5, 0.6) is 0 Å². The zero-order valence-electron chi connectivity index (χ0n) is 12.4. The fourth-order valence-corrected chi connectivity index (χ4v) is 2.78. The average Bonchev–Trinajstić information content (AvgIpc) is 3.05. The monoisotopic (exact) mass is 397 g/mol. The average molecular weight is 397 g/mol. The van der Waals surface area contributed by atoms with E-state index >= 15 is 0 Å². The quantitative estimate of drug-likeness (QED) is 0.375. The van der Waals surface area contributed by atoms with Crippen molar-refractivity contribution in [1.29, 1.82) is 0 Å². The van der Waals surface area contributed by atoms with E-state index in [1.54, 1.807) is 0 Å². The maximum atomic E-state index is 10.3. The molecule has 1 saturated carbocycles. The molecule has 1 atom stereocenters. The van der Waals surface area contributed by atoms with Crippen LogP contribution in [0.15, 0.2) is 4.99 Å². The molecule has 0 amide bonds. The van der Waals surface area contributed by atoms with E-state index < -0.39 is 5.60 Å². The third kappa shape index (κ3) is 5.73. The Kier molecular flexibility index (Phi) is 8.13. The summed E-state index contributed by atoms with van der Waals surface area (Å²) in [4.78, 5) is 4.52. The Morgan fingerprint density at radius 2 is 2.05 bits per heavy atom. The van der Waals surface area contributed by atoms with Crippen LogP contribution in [0, 0.1) is 0 Å². The number of halogens is 1. The first-order valence-corrected chi connectivity index (χ1v) is 7.58. The zero-order chi connectivity index (χ0) is 13.6. The summed E-state index contributed by atoms with van der Waals surface area (Å²) in [7, 11) is 0. The van der Waals surface area contributed by atoms with E-state index in [1.165, 1.54) is 0 Å². The van der Waals surface area contributed by atoms with Crippen LogP contribution in [0.4, 0.5) is 0 Å². The minimum absolute atomic E-state index is 0. The molecule has 0 aromatic rings. The molecule has 20 heavy (non-hydrogen) atoms. The van der Waals surface area contributed by atoms with Gasteiger partial charge >= 0.3 is 0 Å². The largest absolute Gasteiger partial charge is 0.388 e. The van der Waals surface area contributed by atoms with E-state index in [0.29, 0.717) is 12.6 Å². The van der Waals surface area contributed by atoms with Gasteiger partial charge in [0, 0.05) is 19.7 Å². The smallest absolute Gasteiger partial charge is 0.191 e. The highest BCUT2D eigenvalue weighted by molar-refractivity contribution is 14.0. The van der Waals surface area contributed by atoms with Crippen LogP contribution in [0.3, 0.4) is 0 Å². The molecule has 1 heterocycles. The predicted molar refractivity (Wildman–Crippen MR) is 91.8 cm³/mol. The van der Waals surface area contributed by atoms with Gasteiger partial charge in [0.1, 0.15) is 0 Å². The minimum Gasteiger partial charge on any atom is -0.388 e. The summed E-state index contributed by atoms with van der Waals surface area (Å²) in [5.74, 6) is 0.790. The van der Waals surface area contributed by atoms with Crippen molar-refractivity contribution in [3.63, 3.8) is 0 Å². The third-order valence-electron chi connectivity index (χ3n) is 3.93. The summed E-state index contributed by atoms with van der Waals surface area (Å²) in [6, 6.07) is 0. The number of guanidine groups is 1. The van der Waals surface area contributed by atoms with Crippen molar-refractivity contribution in [2.45, 2.75) is 57.2 Å². The molecule has 118 valence electrons. The SMILES string of the molecule is CCNC(=NCC1(O)CCCC1)NCC1CCCO1.I. The van der Waals surface area contributed by atoms with Gasteiger partial charge in [0.15, 0.2) is 5.96 Å². The van der Waals surface area contributed by atoms with Gasteiger partial charge in [0.2, 0.25) is 0 Å². The second kappa shape index (κ2) is 9.04. The molecule has 1 aliphatic carbocycles. The number of nitrogens with zero attached hydrogens (tertiary/aromatic N) is 1. The number of rotatable bonds is 5. The van der Waals surface area contributed by atoms with Gasteiger partial charge < -0.3 is 20.5 Å². The topological polar surface area (TPSA) is 65.9 Å². The molecule has 2 aliphatic rings. The lowest BCUT2D eigenvalue weighted by molar-refractivity contribution is 0.0574. The fourth-order valence-electron chi connectivity index (χ4n) is 2.78. The first kappa shape index (κ1) is 18.0. The molecule has 3 N–H and O–H groups in total. The lowest BCUT2D eigenvalue weighted by Gasteiger charge is -2.21. The molecular formula is C14H28IN3O2. The van der Waals surface area contributed by atoms with Crippen molar-refractivity contribution in [3.8, 4) is 0 Å². The Labute approximate surface area is 139 Å². The lowest BCUT2D eigenvalue weighted by atomic mass is 10.0. The van der Waals surface area contributed by atoms with E-state index in [1.807, 2.05) is 6.92 Å². The van der Waals surface area contributed by atoms with Crippen LogP contribution >= 0.6 is 24.0 Å². The highest BCUT2D eigenvalue weighted by Gasteiger charge is 2.30. The third-order valence-corrected chi connectivity index (χ3v) is 3.93. The first-order valence-electron chi connectivity index (χ1n) is 7.58. The van der Waals surface area contributed by atoms with Gasteiger partial charge in [-0.1, -0.05) is 12.8 Å². The molecule has 0 bridgehead atoms. The van der Waals surface area contributed by atoms with Crippen molar-refractivity contribution in [1.82, 2.24) is 10.6 Å². The summed E-state index contributed by atoms with van der Waals surface area (Å²) in [6.07, 6.45) is 6.57. The van der Waals surface area contributed by atoms with Gasteiger partial charge in [-0.25, -0.2) is 0 Å². The predicted octanol–water partition coefficient (Wildman–Crippen LogP) is 1.64. The Balaban J connectivity index is 0.00000200. The van der Waals surface area contributed by atoms with E-state index in [9.17, 15) is 5.11 Å². The van der Waals surface area contributed by atoms with E-state index in [0.717, 1.165) is 64.2 Å². The van der Waals surface area contributed by atoms with Crippen molar-refractivity contribution in [2.75, 3.05) is 26.2 Å². The fraction of sp³-hybridized carbons (Fsp3) is 0.929. The van der Waals surface area contributed by atoms with Gasteiger partial charge in [-0.15, -0.1) is 24.0 Å².